The molecular formula is C27H32N4O2. The quantitative estimate of drug-likeness (QED) is 0.391. The summed E-state index contributed by atoms with van der Waals surface area (Å²) in [5.74, 6) is 0. The van der Waals surface area contributed by atoms with Crippen molar-refractivity contribution in [3.8, 4) is 11.4 Å². The summed E-state index contributed by atoms with van der Waals surface area (Å²) in [4.78, 5) is 15.9. The standard InChI is InChI=1S/C27H32N4O2/c1-27(2,3)33-26(32)31-22-13-12-19(18-30-14-8-5-9-15-30)16-20(22)17-24(31)25-21-10-6-7-11-23(21)29(4)28-25/h6-7,10-13,16-17H,5,8-9,14-15,18H2,1-4H3. The van der Waals surface area contributed by atoms with E-state index in [0.29, 0.717) is 0 Å². The number of likely N-dealkylation sites (tertiary alicyclic amines) is 1. The molecule has 0 bridgehead atoms. The zero-order valence-corrected chi connectivity index (χ0v) is 20.0. The first-order valence-electron chi connectivity index (χ1n) is 11.8. The fourth-order valence-corrected chi connectivity index (χ4v) is 4.82. The second-order valence-corrected chi connectivity index (χ2v) is 10.1. The van der Waals surface area contributed by atoms with Crippen LogP contribution in [0.25, 0.3) is 33.2 Å². The largest absolute Gasteiger partial charge is 0.443 e. The minimum absolute atomic E-state index is 0.383. The van der Waals surface area contributed by atoms with Crippen LogP contribution in [0.2, 0.25) is 0 Å². The maximum atomic E-state index is 13.4. The molecule has 172 valence electrons. The molecule has 2 aromatic heterocycles. The molecule has 1 aliphatic rings. The summed E-state index contributed by atoms with van der Waals surface area (Å²) in [5, 5.41) is 6.83. The summed E-state index contributed by atoms with van der Waals surface area (Å²) in [6, 6.07) is 16.6. The van der Waals surface area contributed by atoms with E-state index in [1.807, 2.05) is 56.8 Å². The molecular weight excluding hydrogens is 412 g/mol. The number of hydrogen-bond donors (Lipinski definition) is 0. The lowest BCUT2D eigenvalue weighted by Crippen LogP contribution is -2.29. The van der Waals surface area contributed by atoms with Gasteiger partial charge in [0.05, 0.1) is 16.7 Å². The number of fused-ring (bicyclic) bond motifs is 2. The lowest BCUT2D eigenvalue weighted by atomic mass is 10.1. The van der Waals surface area contributed by atoms with Gasteiger partial charge in [-0.3, -0.25) is 9.58 Å². The van der Waals surface area contributed by atoms with Gasteiger partial charge < -0.3 is 4.74 Å². The van der Waals surface area contributed by atoms with Crippen LogP contribution in [0.4, 0.5) is 4.79 Å². The second kappa shape index (κ2) is 8.34. The molecule has 33 heavy (non-hydrogen) atoms. The van der Waals surface area contributed by atoms with Crippen molar-refractivity contribution in [3.63, 3.8) is 0 Å². The molecule has 0 radical (unpaired) electrons. The summed E-state index contributed by atoms with van der Waals surface area (Å²) in [6.45, 7) is 8.93. The van der Waals surface area contributed by atoms with E-state index >= 15 is 0 Å². The molecule has 6 nitrogen and oxygen atoms in total. The number of carbonyl (C=O) groups is 1. The molecule has 1 aliphatic heterocycles. The van der Waals surface area contributed by atoms with E-state index in [4.69, 9.17) is 9.84 Å². The summed E-state index contributed by atoms with van der Waals surface area (Å²) in [5.41, 5.74) is 4.09. The van der Waals surface area contributed by atoms with E-state index in [0.717, 1.165) is 52.8 Å². The Morgan fingerprint density at radius 1 is 1.00 bits per heavy atom. The highest BCUT2D eigenvalue weighted by Crippen LogP contribution is 2.34. The lowest BCUT2D eigenvalue weighted by molar-refractivity contribution is 0.0547. The molecule has 0 atom stereocenters. The van der Waals surface area contributed by atoms with Crippen LogP contribution in [0.15, 0.2) is 48.5 Å². The molecule has 4 aromatic rings. The molecule has 0 aliphatic carbocycles. The molecule has 2 aromatic carbocycles. The Bertz CT molecular complexity index is 1320. The molecule has 6 heteroatoms. The normalized spacial score (nSPS) is 15.4. The molecule has 5 rings (SSSR count). The first-order valence-corrected chi connectivity index (χ1v) is 11.8. The van der Waals surface area contributed by atoms with E-state index in [1.165, 1.54) is 24.8 Å². The van der Waals surface area contributed by atoms with Gasteiger partial charge in [-0.25, -0.2) is 9.36 Å². The third-order valence-electron chi connectivity index (χ3n) is 6.30. The van der Waals surface area contributed by atoms with E-state index < -0.39 is 5.60 Å². The molecule has 0 N–H and O–H groups in total. The van der Waals surface area contributed by atoms with Crippen molar-refractivity contribution in [3.05, 3.63) is 54.1 Å². The summed E-state index contributed by atoms with van der Waals surface area (Å²) in [6.07, 6.45) is 3.49. The van der Waals surface area contributed by atoms with Crippen molar-refractivity contribution in [1.82, 2.24) is 19.2 Å². The lowest BCUT2D eigenvalue weighted by Gasteiger charge is -2.26. The first-order chi connectivity index (χ1) is 15.8. The second-order valence-electron chi connectivity index (χ2n) is 10.1. The zero-order chi connectivity index (χ0) is 23.2. The van der Waals surface area contributed by atoms with Crippen molar-refractivity contribution < 1.29 is 9.53 Å². The van der Waals surface area contributed by atoms with Gasteiger partial charge in [-0.15, -0.1) is 0 Å². The van der Waals surface area contributed by atoms with Gasteiger partial charge in [-0.2, -0.15) is 5.10 Å². The van der Waals surface area contributed by atoms with Crippen LogP contribution in [-0.2, 0) is 18.3 Å². The van der Waals surface area contributed by atoms with Crippen LogP contribution >= 0.6 is 0 Å². The Hall–Kier alpha value is -3.12. The number of aromatic nitrogens is 3. The number of piperidine rings is 1. The summed E-state index contributed by atoms with van der Waals surface area (Å²) >= 11 is 0. The average molecular weight is 445 g/mol. The minimum atomic E-state index is -0.592. The van der Waals surface area contributed by atoms with Crippen molar-refractivity contribution in [2.24, 2.45) is 7.05 Å². The first kappa shape index (κ1) is 21.7. The monoisotopic (exact) mass is 444 g/mol. The fourth-order valence-electron chi connectivity index (χ4n) is 4.82. The third kappa shape index (κ3) is 4.27. The predicted octanol–water partition coefficient (Wildman–Crippen LogP) is 5.96. The average Bonchev–Trinajstić information content (AvgIpc) is 3.31. The Kier molecular flexibility index (Phi) is 5.49. The van der Waals surface area contributed by atoms with Crippen LogP contribution in [0.1, 0.15) is 45.6 Å². The molecule has 0 saturated carbocycles. The van der Waals surface area contributed by atoms with Crippen LogP contribution in [-0.4, -0.2) is 44.0 Å². The van der Waals surface area contributed by atoms with E-state index in [-0.39, 0.29) is 6.09 Å². The zero-order valence-electron chi connectivity index (χ0n) is 20.0. The number of benzene rings is 2. The van der Waals surface area contributed by atoms with Gasteiger partial charge in [0.2, 0.25) is 0 Å². The highest BCUT2D eigenvalue weighted by Gasteiger charge is 2.25. The minimum Gasteiger partial charge on any atom is -0.443 e. The number of para-hydroxylation sites is 1. The van der Waals surface area contributed by atoms with Gasteiger partial charge in [0, 0.05) is 24.4 Å². The Balaban J connectivity index is 1.64. The number of aryl methyl sites for hydroxylation is 1. The maximum absolute atomic E-state index is 13.4. The Morgan fingerprint density at radius 3 is 2.52 bits per heavy atom. The van der Waals surface area contributed by atoms with E-state index in [1.54, 1.807) is 4.57 Å². The van der Waals surface area contributed by atoms with Crippen molar-refractivity contribution in [2.75, 3.05) is 13.1 Å². The van der Waals surface area contributed by atoms with Crippen molar-refractivity contribution >= 4 is 27.9 Å². The van der Waals surface area contributed by atoms with Gasteiger partial charge in [0.15, 0.2) is 0 Å². The van der Waals surface area contributed by atoms with E-state index in [2.05, 4.69) is 29.2 Å². The van der Waals surface area contributed by atoms with Crippen LogP contribution in [0, 0.1) is 0 Å². The maximum Gasteiger partial charge on any atom is 0.419 e. The molecule has 0 spiro atoms. The third-order valence-corrected chi connectivity index (χ3v) is 6.30. The predicted molar refractivity (Wildman–Crippen MR) is 132 cm³/mol. The molecule has 0 unspecified atom stereocenters. The Labute approximate surface area is 194 Å². The highest BCUT2D eigenvalue weighted by atomic mass is 16.6. The van der Waals surface area contributed by atoms with Gasteiger partial charge >= 0.3 is 6.09 Å². The van der Waals surface area contributed by atoms with Crippen LogP contribution in [0.3, 0.4) is 0 Å². The van der Waals surface area contributed by atoms with Crippen molar-refractivity contribution in [2.45, 2.75) is 52.2 Å². The highest BCUT2D eigenvalue weighted by molar-refractivity contribution is 6.01. The summed E-state index contributed by atoms with van der Waals surface area (Å²) < 4.78 is 9.35. The molecule has 0 amide bonds. The number of carbonyl (C=O) groups excluding carboxylic acids is 1. The summed E-state index contributed by atoms with van der Waals surface area (Å²) in [7, 11) is 1.93. The molecule has 3 heterocycles. The fraction of sp³-hybridized carbons (Fsp3) is 0.407. The number of nitrogens with zero attached hydrogens (tertiary/aromatic N) is 4. The number of ether oxygens (including phenoxy) is 1. The van der Waals surface area contributed by atoms with Crippen LogP contribution < -0.4 is 0 Å². The van der Waals surface area contributed by atoms with E-state index in [9.17, 15) is 4.79 Å². The SMILES string of the molecule is Cn1nc(-c2cc3cc(CN4CCCCC4)ccc3n2C(=O)OC(C)(C)C)c2ccccc21. The number of rotatable bonds is 3. The van der Waals surface area contributed by atoms with Crippen molar-refractivity contribution in [1.29, 1.82) is 0 Å². The van der Waals surface area contributed by atoms with Gasteiger partial charge in [-0.05, 0) is 76.5 Å². The van der Waals surface area contributed by atoms with Gasteiger partial charge in [0.1, 0.15) is 11.3 Å². The van der Waals surface area contributed by atoms with Gasteiger partial charge in [-0.1, -0.05) is 30.7 Å². The molecule has 1 saturated heterocycles. The van der Waals surface area contributed by atoms with Gasteiger partial charge in [0.25, 0.3) is 0 Å². The Morgan fingerprint density at radius 2 is 1.76 bits per heavy atom. The smallest absolute Gasteiger partial charge is 0.419 e. The topological polar surface area (TPSA) is 52.3 Å². The number of hydrogen-bond acceptors (Lipinski definition) is 4. The molecule has 1 fully saturated rings. The van der Waals surface area contributed by atoms with Crippen LogP contribution in [0.5, 0.6) is 0 Å².